The highest BCUT2D eigenvalue weighted by Gasteiger charge is 2.06. The third kappa shape index (κ3) is 2.93. The van der Waals surface area contributed by atoms with Crippen LogP contribution in [0.1, 0.15) is 24.2 Å². The van der Waals surface area contributed by atoms with Gasteiger partial charge in [0.05, 0.1) is 6.04 Å². The Morgan fingerprint density at radius 3 is 2.76 bits per heavy atom. The zero-order valence-corrected chi connectivity index (χ0v) is 10.0. The molecule has 1 unspecified atom stereocenters. The second kappa shape index (κ2) is 4.82. The monoisotopic (exact) mass is 228 g/mol. The molecular formula is C13H16N4. The Morgan fingerprint density at radius 1 is 1.24 bits per heavy atom. The van der Waals surface area contributed by atoms with Gasteiger partial charge in [-0.25, -0.2) is 9.97 Å². The number of aryl methyl sites for hydroxylation is 1. The fourth-order valence-corrected chi connectivity index (χ4v) is 1.67. The number of nitrogens with one attached hydrogen (secondary N) is 1. The number of benzene rings is 1. The molecule has 0 amide bonds. The molecule has 4 nitrogen and oxygen atoms in total. The Hall–Kier alpha value is -2.10. The lowest BCUT2D eigenvalue weighted by Crippen LogP contribution is -2.08. The summed E-state index contributed by atoms with van der Waals surface area (Å²) in [4.78, 5) is 8.24. The maximum atomic E-state index is 5.76. The first-order chi connectivity index (χ1) is 8.15. The standard InChI is InChI=1S/C13H16N4/c1-9-6-13(16-8-15-9)17-10(2)11-4-3-5-12(14)7-11/h3-8,10H,14H2,1-2H3,(H,15,16,17). The minimum atomic E-state index is 0.160. The van der Waals surface area contributed by atoms with Gasteiger partial charge < -0.3 is 11.1 Å². The van der Waals surface area contributed by atoms with E-state index in [1.54, 1.807) is 6.33 Å². The highest BCUT2D eigenvalue weighted by Crippen LogP contribution is 2.19. The van der Waals surface area contributed by atoms with Crippen molar-refractivity contribution in [2.45, 2.75) is 19.9 Å². The van der Waals surface area contributed by atoms with Crippen LogP contribution in [0.25, 0.3) is 0 Å². The molecule has 0 spiro atoms. The van der Waals surface area contributed by atoms with E-state index in [9.17, 15) is 0 Å². The van der Waals surface area contributed by atoms with Gasteiger partial charge in [-0.15, -0.1) is 0 Å². The second-order valence-corrected chi connectivity index (χ2v) is 4.08. The van der Waals surface area contributed by atoms with Crippen molar-refractivity contribution in [2.24, 2.45) is 0 Å². The summed E-state index contributed by atoms with van der Waals surface area (Å²) in [5, 5.41) is 3.32. The molecule has 1 aromatic carbocycles. The third-order valence-corrected chi connectivity index (χ3v) is 2.58. The molecule has 0 aliphatic heterocycles. The number of nitrogens with zero attached hydrogens (tertiary/aromatic N) is 2. The van der Waals surface area contributed by atoms with Crippen LogP contribution in [0.3, 0.4) is 0 Å². The summed E-state index contributed by atoms with van der Waals surface area (Å²) in [5.41, 5.74) is 8.62. The van der Waals surface area contributed by atoms with E-state index in [0.29, 0.717) is 0 Å². The summed E-state index contributed by atoms with van der Waals surface area (Å²) >= 11 is 0. The van der Waals surface area contributed by atoms with Crippen LogP contribution in [0.15, 0.2) is 36.7 Å². The summed E-state index contributed by atoms with van der Waals surface area (Å²) in [6.07, 6.45) is 1.56. The summed E-state index contributed by atoms with van der Waals surface area (Å²) in [5.74, 6) is 0.826. The van der Waals surface area contributed by atoms with Crippen molar-refractivity contribution in [1.29, 1.82) is 0 Å². The Kier molecular flexibility index (Phi) is 3.23. The van der Waals surface area contributed by atoms with Crippen LogP contribution in [0.2, 0.25) is 0 Å². The fraction of sp³-hybridized carbons (Fsp3) is 0.231. The number of anilines is 2. The number of hydrogen-bond donors (Lipinski definition) is 2. The maximum Gasteiger partial charge on any atom is 0.130 e. The van der Waals surface area contributed by atoms with E-state index in [-0.39, 0.29) is 6.04 Å². The Morgan fingerprint density at radius 2 is 2.06 bits per heavy atom. The van der Waals surface area contributed by atoms with Gasteiger partial charge in [0.15, 0.2) is 0 Å². The largest absolute Gasteiger partial charge is 0.399 e. The van der Waals surface area contributed by atoms with Crippen LogP contribution in [-0.4, -0.2) is 9.97 Å². The Balaban J connectivity index is 2.14. The third-order valence-electron chi connectivity index (χ3n) is 2.58. The minimum Gasteiger partial charge on any atom is -0.399 e. The van der Waals surface area contributed by atoms with Crippen LogP contribution in [-0.2, 0) is 0 Å². The molecule has 0 bridgehead atoms. The minimum absolute atomic E-state index is 0.160. The number of aromatic nitrogens is 2. The van der Waals surface area contributed by atoms with E-state index in [1.807, 2.05) is 37.3 Å². The highest BCUT2D eigenvalue weighted by molar-refractivity contribution is 5.44. The lowest BCUT2D eigenvalue weighted by molar-refractivity contribution is 0.870. The van der Waals surface area contributed by atoms with Crippen molar-refractivity contribution < 1.29 is 0 Å². The molecule has 0 fully saturated rings. The molecule has 0 aliphatic rings. The maximum absolute atomic E-state index is 5.76. The SMILES string of the molecule is Cc1cc(NC(C)c2cccc(N)c2)ncn1. The van der Waals surface area contributed by atoms with Crippen molar-refractivity contribution in [1.82, 2.24) is 9.97 Å². The molecule has 88 valence electrons. The number of rotatable bonds is 3. The van der Waals surface area contributed by atoms with Crippen molar-refractivity contribution in [3.63, 3.8) is 0 Å². The smallest absolute Gasteiger partial charge is 0.130 e. The zero-order valence-electron chi connectivity index (χ0n) is 10.0. The molecule has 1 aromatic heterocycles. The van der Waals surface area contributed by atoms with Gasteiger partial charge >= 0.3 is 0 Å². The molecule has 3 N–H and O–H groups in total. The van der Waals surface area contributed by atoms with Crippen molar-refractivity contribution >= 4 is 11.5 Å². The van der Waals surface area contributed by atoms with Gasteiger partial charge in [-0.1, -0.05) is 12.1 Å². The first-order valence-electron chi connectivity index (χ1n) is 5.56. The molecule has 0 radical (unpaired) electrons. The fourth-order valence-electron chi connectivity index (χ4n) is 1.67. The van der Waals surface area contributed by atoms with Crippen LogP contribution < -0.4 is 11.1 Å². The molecule has 17 heavy (non-hydrogen) atoms. The molecule has 1 heterocycles. The lowest BCUT2D eigenvalue weighted by Gasteiger charge is -2.15. The van der Waals surface area contributed by atoms with Crippen molar-refractivity contribution in [3.8, 4) is 0 Å². The van der Waals surface area contributed by atoms with Crippen LogP contribution >= 0.6 is 0 Å². The van der Waals surface area contributed by atoms with Gasteiger partial charge in [0.2, 0.25) is 0 Å². The van der Waals surface area contributed by atoms with Gasteiger partial charge in [-0.3, -0.25) is 0 Å². The van der Waals surface area contributed by atoms with E-state index in [1.165, 1.54) is 0 Å². The quantitative estimate of drug-likeness (QED) is 0.792. The summed E-state index contributed by atoms with van der Waals surface area (Å²) in [6, 6.07) is 9.92. The summed E-state index contributed by atoms with van der Waals surface area (Å²) in [7, 11) is 0. The first-order valence-corrected chi connectivity index (χ1v) is 5.56. The summed E-state index contributed by atoms with van der Waals surface area (Å²) < 4.78 is 0. The van der Waals surface area contributed by atoms with E-state index < -0.39 is 0 Å². The molecule has 0 saturated heterocycles. The Labute approximate surface area is 101 Å². The molecular weight excluding hydrogens is 212 g/mol. The molecule has 2 aromatic rings. The molecule has 1 atom stereocenters. The average molecular weight is 228 g/mol. The number of nitrogen functional groups attached to an aromatic ring is 1. The molecule has 4 heteroatoms. The van der Waals surface area contributed by atoms with E-state index in [4.69, 9.17) is 5.73 Å². The predicted molar refractivity (Wildman–Crippen MR) is 69.7 cm³/mol. The first kappa shape index (κ1) is 11.4. The van der Waals surface area contributed by atoms with Gasteiger partial charge in [0.25, 0.3) is 0 Å². The zero-order chi connectivity index (χ0) is 12.3. The van der Waals surface area contributed by atoms with E-state index >= 15 is 0 Å². The second-order valence-electron chi connectivity index (χ2n) is 4.08. The number of hydrogen-bond acceptors (Lipinski definition) is 4. The molecule has 0 aliphatic carbocycles. The average Bonchev–Trinajstić information content (AvgIpc) is 2.29. The van der Waals surface area contributed by atoms with Gasteiger partial charge in [0.1, 0.15) is 12.1 Å². The van der Waals surface area contributed by atoms with Crippen LogP contribution in [0, 0.1) is 6.92 Å². The predicted octanol–water partition coefficient (Wildman–Crippen LogP) is 2.54. The van der Waals surface area contributed by atoms with E-state index in [2.05, 4.69) is 22.2 Å². The summed E-state index contributed by atoms with van der Waals surface area (Å²) in [6.45, 7) is 4.02. The highest BCUT2D eigenvalue weighted by atomic mass is 15.0. The van der Waals surface area contributed by atoms with Crippen molar-refractivity contribution in [2.75, 3.05) is 11.1 Å². The van der Waals surface area contributed by atoms with Crippen LogP contribution in [0.5, 0.6) is 0 Å². The van der Waals surface area contributed by atoms with E-state index in [0.717, 1.165) is 22.8 Å². The van der Waals surface area contributed by atoms with Gasteiger partial charge in [-0.05, 0) is 31.5 Å². The van der Waals surface area contributed by atoms with Gasteiger partial charge in [0, 0.05) is 17.4 Å². The number of nitrogens with two attached hydrogens (primary N) is 1. The van der Waals surface area contributed by atoms with Crippen molar-refractivity contribution in [3.05, 3.63) is 47.9 Å². The normalized spacial score (nSPS) is 12.1. The topological polar surface area (TPSA) is 63.8 Å². The molecule has 2 rings (SSSR count). The van der Waals surface area contributed by atoms with Gasteiger partial charge in [-0.2, -0.15) is 0 Å². The molecule has 0 saturated carbocycles. The lowest BCUT2D eigenvalue weighted by atomic mass is 10.1. The Bertz CT molecular complexity index is 510. The van der Waals surface area contributed by atoms with Crippen LogP contribution in [0.4, 0.5) is 11.5 Å².